The van der Waals surface area contributed by atoms with E-state index in [9.17, 15) is 8.78 Å². The number of halogens is 2. The molecule has 0 bridgehead atoms. The molecule has 1 aromatic carbocycles. The fourth-order valence-electron chi connectivity index (χ4n) is 2.33. The molecular formula is C13H20F2N2O. The van der Waals surface area contributed by atoms with E-state index < -0.39 is 23.3 Å². The highest BCUT2D eigenvalue weighted by Crippen LogP contribution is 2.35. The van der Waals surface area contributed by atoms with Crippen LogP contribution in [0.5, 0.6) is 0 Å². The number of hydrazine groups is 1. The van der Waals surface area contributed by atoms with Gasteiger partial charge in [0.15, 0.2) is 0 Å². The summed E-state index contributed by atoms with van der Waals surface area (Å²) in [6, 6.07) is 2.73. The molecule has 0 saturated carbocycles. The first-order valence-electron chi connectivity index (χ1n) is 6.00. The quantitative estimate of drug-likeness (QED) is 0.609. The first-order chi connectivity index (χ1) is 8.54. The lowest BCUT2D eigenvalue weighted by Crippen LogP contribution is -2.47. The smallest absolute Gasteiger partial charge is 0.128 e. The molecular weight excluding hydrogens is 238 g/mol. The van der Waals surface area contributed by atoms with Crippen molar-refractivity contribution in [1.29, 1.82) is 0 Å². The molecule has 0 radical (unpaired) electrons. The second-order valence-corrected chi connectivity index (χ2v) is 4.24. The Morgan fingerprint density at radius 3 is 2.39 bits per heavy atom. The summed E-state index contributed by atoms with van der Waals surface area (Å²) >= 11 is 0. The van der Waals surface area contributed by atoms with Crippen molar-refractivity contribution in [2.45, 2.75) is 38.3 Å². The van der Waals surface area contributed by atoms with Gasteiger partial charge in [0.25, 0.3) is 0 Å². The van der Waals surface area contributed by atoms with E-state index in [1.54, 1.807) is 7.11 Å². The van der Waals surface area contributed by atoms with Gasteiger partial charge in [-0.3, -0.25) is 5.84 Å². The maximum absolute atomic E-state index is 13.8. The summed E-state index contributed by atoms with van der Waals surface area (Å²) in [6.45, 7) is 3.85. The monoisotopic (exact) mass is 258 g/mol. The Morgan fingerprint density at radius 2 is 1.94 bits per heavy atom. The Morgan fingerprint density at radius 1 is 1.33 bits per heavy atom. The van der Waals surface area contributed by atoms with Crippen molar-refractivity contribution < 1.29 is 13.5 Å². The highest BCUT2D eigenvalue weighted by Gasteiger charge is 2.37. The topological polar surface area (TPSA) is 47.3 Å². The molecule has 18 heavy (non-hydrogen) atoms. The predicted molar refractivity (Wildman–Crippen MR) is 66.7 cm³/mol. The van der Waals surface area contributed by atoms with E-state index in [1.165, 1.54) is 0 Å². The largest absolute Gasteiger partial charge is 0.376 e. The molecule has 1 rings (SSSR count). The minimum atomic E-state index is -0.663. The summed E-state index contributed by atoms with van der Waals surface area (Å²) in [5.74, 6) is 4.52. The van der Waals surface area contributed by atoms with Gasteiger partial charge in [0.1, 0.15) is 11.6 Å². The van der Waals surface area contributed by atoms with E-state index in [4.69, 9.17) is 10.6 Å². The molecule has 102 valence electrons. The molecule has 1 unspecified atom stereocenters. The SMILES string of the molecule is CCC(CC)(OC)C(NN)c1cc(F)ccc1F. The van der Waals surface area contributed by atoms with Gasteiger partial charge in [0.2, 0.25) is 0 Å². The lowest BCUT2D eigenvalue weighted by molar-refractivity contribution is -0.0495. The van der Waals surface area contributed by atoms with Crippen LogP contribution >= 0.6 is 0 Å². The van der Waals surface area contributed by atoms with Gasteiger partial charge in [0, 0.05) is 12.7 Å². The molecule has 1 aromatic rings. The van der Waals surface area contributed by atoms with Crippen LogP contribution in [0.2, 0.25) is 0 Å². The fraction of sp³-hybridized carbons (Fsp3) is 0.538. The van der Waals surface area contributed by atoms with Crippen LogP contribution in [0.3, 0.4) is 0 Å². The van der Waals surface area contributed by atoms with Crippen LogP contribution in [0.1, 0.15) is 38.3 Å². The molecule has 0 spiro atoms. The van der Waals surface area contributed by atoms with Gasteiger partial charge >= 0.3 is 0 Å². The lowest BCUT2D eigenvalue weighted by atomic mass is 9.84. The van der Waals surface area contributed by atoms with E-state index in [2.05, 4.69) is 5.43 Å². The number of hydrogen-bond acceptors (Lipinski definition) is 3. The molecule has 0 fully saturated rings. The third kappa shape index (κ3) is 2.68. The maximum atomic E-state index is 13.8. The average molecular weight is 258 g/mol. The molecule has 0 aliphatic rings. The maximum Gasteiger partial charge on any atom is 0.128 e. The minimum Gasteiger partial charge on any atom is -0.376 e. The normalized spacial score (nSPS) is 13.7. The lowest BCUT2D eigenvalue weighted by Gasteiger charge is -2.38. The highest BCUT2D eigenvalue weighted by molar-refractivity contribution is 5.25. The van der Waals surface area contributed by atoms with Crippen molar-refractivity contribution >= 4 is 0 Å². The van der Waals surface area contributed by atoms with Crippen LogP contribution in [0, 0.1) is 11.6 Å². The Balaban J connectivity index is 3.27. The standard InChI is InChI=1S/C13H20F2N2O/c1-4-13(5-2,18-3)12(17-16)10-8-9(14)6-7-11(10)15/h6-8,12,17H,4-5,16H2,1-3H3. The molecule has 0 aliphatic carbocycles. The van der Waals surface area contributed by atoms with Crippen LogP contribution in [-0.2, 0) is 4.74 Å². The minimum absolute atomic E-state index is 0.183. The number of nitrogens with two attached hydrogens (primary N) is 1. The van der Waals surface area contributed by atoms with Crippen LogP contribution < -0.4 is 11.3 Å². The molecule has 0 aromatic heterocycles. The van der Waals surface area contributed by atoms with Crippen molar-refractivity contribution in [1.82, 2.24) is 5.43 Å². The summed E-state index contributed by atoms with van der Waals surface area (Å²) in [4.78, 5) is 0. The van der Waals surface area contributed by atoms with Crippen molar-refractivity contribution in [3.8, 4) is 0 Å². The van der Waals surface area contributed by atoms with E-state index in [-0.39, 0.29) is 5.56 Å². The van der Waals surface area contributed by atoms with E-state index in [0.717, 1.165) is 18.2 Å². The van der Waals surface area contributed by atoms with Gasteiger partial charge in [-0.1, -0.05) is 13.8 Å². The molecule has 5 heteroatoms. The molecule has 3 N–H and O–H groups in total. The van der Waals surface area contributed by atoms with Gasteiger partial charge in [-0.15, -0.1) is 0 Å². The zero-order chi connectivity index (χ0) is 13.8. The average Bonchev–Trinajstić information content (AvgIpc) is 2.39. The van der Waals surface area contributed by atoms with Gasteiger partial charge in [-0.25, -0.2) is 14.2 Å². The van der Waals surface area contributed by atoms with E-state index in [0.29, 0.717) is 12.8 Å². The number of benzene rings is 1. The Hall–Kier alpha value is -1.04. The third-order valence-corrected chi connectivity index (χ3v) is 3.57. The second-order valence-electron chi connectivity index (χ2n) is 4.24. The highest BCUT2D eigenvalue weighted by atomic mass is 19.1. The van der Waals surface area contributed by atoms with E-state index >= 15 is 0 Å². The Kier molecular flexibility index (Phi) is 5.19. The van der Waals surface area contributed by atoms with Crippen molar-refractivity contribution in [2.24, 2.45) is 5.84 Å². The summed E-state index contributed by atoms with van der Waals surface area (Å²) in [7, 11) is 1.55. The van der Waals surface area contributed by atoms with Crippen molar-refractivity contribution in [3.05, 3.63) is 35.4 Å². The van der Waals surface area contributed by atoms with Gasteiger partial charge < -0.3 is 4.74 Å². The Labute approximate surface area is 106 Å². The molecule has 0 amide bonds. The number of methoxy groups -OCH3 is 1. The number of nitrogens with one attached hydrogen (secondary N) is 1. The molecule has 3 nitrogen and oxygen atoms in total. The number of ether oxygens (including phenoxy) is 1. The first kappa shape index (κ1) is 15.0. The zero-order valence-corrected chi connectivity index (χ0v) is 11.0. The number of hydrogen-bond donors (Lipinski definition) is 2. The third-order valence-electron chi connectivity index (χ3n) is 3.57. The van der Waals surface area contributed by atoms with Gasteiger partial charge in [-0.05, 0) is 31.0 Å². The van der Waals surface area contributed by atoms with E-state index in [1.807, 2.05) is 13.8 Å². The molecule has 0 saturated heterocycles. The summed E-state index contributed by atoms with van der Waals surface area (Å²) in [5, 5.41) is 0. The van der Waals surface area contributed by atoms with Gasteiger partial charge in [-0.2, -0.15) is 0 Å². The van der Waals surface area contributed by atoms with Crippen LogP contribution in [0.4, 0.5) is 8.78 Å². The first-order valence-corrected chi connectivity index (χ1v) is 6.00. The predicted octanol–water partition coefficient (Wildman–Crippen LogP) is 2.67. The van der Waals surface area contributed by atoms with Crippen LogP contribution in [0.15, 0.2) is 18.2 Å². The molecule has 0 aliphatic heterocycles. The van der Waals surface area contributed by atoms with Crippen LogP contribution in [0.25, 0.3) is 0 Å². The number of rotatable bonds is 6. The Bertz CT molecular complexity index is 386. The molecule has 1 atom stereocenters. The molecule has 0 heterocycles. The van der Waals surface area contributed by atoms with Gasteiger partial charge in [0.05, 0.1) is 11.6 Å². The fourth-order valence-corrected chi connectivity index (χ4v) is 2.33. The summed E-state index contributed by atoms with van der Waals surface area (Å²) in [5.41, 5.74) is 2.07. The van der Waals surface area contributed by atoms with Crippen molar-refractivity contribution in [3.63, 3.8) is 0 Å². The summed E-state index contributed by atoms with van der Waals surface area (Å²) in [6.07, 6.45) is 1.26. The van der Waals surface area contributed by atoms with Crippen LogP contribution in [-0.4, -0.2) is 12.7 Å². The second kappa shape index (κ2) is 6.22. The summed E-state index contributed by atoms with van der Waals surface area (Å²) < 4.78 is 32.6. The zero-order valence-electron chi connectivity index (χ0n) is 11.0. The van der Waals surface area contributed by atoms with Crippen molar-refractivity contribution in [2.75, 3.05) is 7.11 Å².